The van der Waals surface area contributed by atoms with Crippen LogP contribution < -0.4 is 5.32 Å². The van der Waals surface area contributed by atoms with Crippen molar-refractivity contribution in [1.29, 1.82) is 0 Å². The second-order valence-electron chi connectivity index (χ2n) is 6.01. The van der Waals surface area contributed by atoms with E-state index in [1.54, 1.807) is 11.3 Å². The van der Waals surface area contributed by atoms with Crippen molar-refractivity contribution in [3.63, 3.8) is 0 Å². The Balaban J connectivity index is 1.49. The van der Waals surface area contributed by atoms with Crippen LogP contribution in [0.3, 0.4) is 0 Å². The summed E-state index contributed by atoms with van der Waals surface area (Å²) in [6.07, 6.45) is 1.37. The van der Waals surface area contributed by atoms with Crippen LogP contribution in [0.15, 0.2) is 41.8 Å². The van der Waals surface area contributed by atoms with Gasteiger partial charge in [0.15, 0.2) is 0 Å². The number of benzene rings is 1. The predicted molar refractivity (Wildman–Crippen MR) is 97.0 cm³/mol. The average Bonchev–Trinajstić information content (AvgIpc) is 3.14. The van der Waals surface area contributed by atoms with Crippen molar-refractivity contribution in [1.82, 2.24) is 10.2 Å². The molecule has 1 saturated heterocycles. The third-order valence-electron chi connectivity index (χ3n) is 4.27. The van der Waals surface area contributed by atoms with Gasteiger partial charge < -0.3 is 10.1 Å². The second kappa shape index (κ2) is 8.97. The maximum Gasteiger partial charge on any atom is 0.220 e. The van der Waals surface area contributed by atoms with Crippen molar-refractivity contribution in [2.45, 2.75) is 25.9 Å². The SMILES string of the molecule is O=C(CCc1cccs1)NCc1ccccc1CN1CCOCC1. The van der Waals surface area contributed by atoms with Crippen LogP contribution in [0.2, 0.25) is 0 Å². The molecular formula is C19H24N2O2S. The van der Waals surface area contributed by atoms with E-state index in [1.807, 2.05) is 12.1 Å². The van der Waals surface area contributed by atoms with Crippen molar-refractivity contribution in [2.24, 2.45) is 0 Å². The number of thiophene rings is 1. The van der Waals surface area contributed by atoms with Gasteiger partial charge in [0.25, 0.3) is 0 Å². The molecule has 2 heterocycles. The third kappa shape index (κ3) is 5.16. The lowest BCUT2D eigenvalue weighted by molar-refractivity contribution is -0.121. The van der Waals surface area contributed by atoms with Crippen LogP contribution in [0, 0.1) is 0 Å². The van der Waals surface area contributed by atoms with E-state index in [4.69, 9.17) is 4.74 Å². The minimum absolute atomic E-state index is 0.115. The summed E-state index contributed by atoms with van der Waals surface area (Å²) >= 11 is 1.71. The molecule has 0 saturated carbocycles. The van der Waals surface area contributed by atoms with Gasteiger partial charge in [-0.05, 0) is 29.0 Å². The molecule has 0 atom stereocenters. The van der Waals surface area contributed by atoms with Crippen molar-refractivity contribution in [2.75, 3.05) is 26.3 Å². The molecule has 5 heteroatoms. The van der Waals surface area contributed by atoms with Gasteiger partial charge in [-0.15, -0.1) is 11.3 Å². The number of amides is 1. The van der Waals surface area contributed by atoms with E-state index in [2.05, 4.69) is 39.9 Å². The summed E-state index contributed by atoms with van der Waals surface area (Å²) in [6.45, 7) is 5.08. The standard InChI is InChI=1S/C19H24N2O2S/c22-19(8-7-18-6-3-13-24-18)20-14-16-4-1-2-5-17(16)15-21-9-11-23-12-10-21/h1-6,13H,7-12,14-15H2,(H,20,22). The molecule has 1 amide bonds. The Bertz CT molecular complexity index is 637. The Morgan fingerprint density at radius 2 is 1.92 bits per heavy atom. The second-order valence-corrected chi connectivity index (χ2v) is 7.05. The van der Waals surface area contributed by atoms with Gasteiger partial charge in [-0.3, -0.25) is 9.69 Å². The minimum atomic E-state index is 0.115. The van der Waals surface area contributed by atoms with E-state index in [-0.39, 0.29) is 5.91 Å². The molecule has 1 aliphatic heterocycles. The lowest BCUT2D eigenvalue weighted by Crippen LogP contribution is -2.36. The molecule has 3 rings (SSSR count). The maximum absolute atomic E-state index is 12.1. The van der Waals surface area contributed by atoms with Gasteiger partial charge in [0, 0.05) is 37.5 Å². The summed E-state index contributed by atoms with van der Waals surface area (Å²) in [5.41, 5.74) is 2.49. The van der Waals surface area contributed by atoms with Crippen LogP contribution in [0.1, 0.15) is 22.4 Å². The largest absolute Gasteiger partial charge is 0.379 e. The summed E-state index contributed by atoms with van der Waals surface area (Å²) < 4.78 is 5.41. The topological polar surface area (TPSA) is 41.6 Å². The number of nitrogens with one attached hydrogen (secondary N) is 1. The number of carbonyl (C=O) groups is 1. The first-order valence-corrected chi connectivity index (χ1v) is 9.35. The van der Waals surface area contributed by atoms with Gasteiger partial charge >= 0.3 is 0 Å². The Hall–Kier alpha value is -1.69. The fraction of sp³-hybridized carbons (Fsp3) is 0.421. The number of hydrogen-bond donors (Lipinski definition) is 1. The van der Waals surface area contributed by atoms with Gasteiger partial charge in [0.2, 0.25) is 5.91 Å². The predicted octanol–water partition coefficient (Wildman–Crippen LogP) is 2.83. The summed E-state index contributed by atoms with van der Waals surface area (Å²) in [7, 11) is 0. The van der Waals surface area contributed by atoms with E-state index in [9.17, 15) is 4.79 Å². The number of ether oxygens (including phenoxy) is 1. The summed E-state index contributed by atoms with van der Waals surface area (Å²) in [5, 5.41) is 5.11. The molecule has 1 fully saturated rings. The van der Waals surface area contributed by atoms with Gasteiger partial charge in [-0.2, -0.15) is 0 Å². The maximum atomic E-state index is 12.1. The van der Waals surface area contributed by atoms with Gasteiger partial charge in [0.05, 0.1) is 13.2 Å². The lowest BCUT2D eigenvalue weighted by atomic mass is 10.1. The van der Waals surface area contributed by atoms with Crippen LogP contribution in [0.4, 0.5) is 0 Å². The highest BCUT2D eigenvalue weighted by molar-refractivity contribution is 7.09. The zero-order chi connectivity index (χ0) is 16.6. The first-order valence-electron chi connectivity index (χ1n) is 8.47. The van der Waals surface area contributed by atoms with Crippen molar-refractivity contribution >= 4 is 17.2 Å². The lowest BCUT2D eigenvalue weighted by Gasteiger charge is -2.27. The molecule has 1 aromatic carbocycles. The zero-order valence-corrected chi connectivity index (χ0v) is 14.7. The highest BCUT2D eigenvalue weighted by Gasteiger charge is 2.13. The van der Waals surface area contributed by atoms with E-state index in [0.29, 0.717) is 13.0 Å². The molecule has 1 N–H and O–H groups in total. The Morgan fingerprint density at radius 3 is 2.67 bits per heavy atom. The van der Waals surface area contributed by atoms with Gasteiger partial charge in [-0.1, -0.05) is 30.3 Å². The highest BCUT2D eigenvalue weighted by Crippen LogP contribution is 2.14. The van der Waals surface area contributed by atoms with Crippen LogP contribution in [0.5, 0.6) is 0 Å². The van der Waals surface area contributed by atoms with Crippen LogP contribution in [-0.4, -0.2) is 37.1 Å². The smallest absolute Gasteiger partial charge is 0.220 e. The molecule has 0 unspecified atom stereocenters. The molecule has 128 valence electrons. The normalized spacial score (nSPS) is 15.3. The monoisotopic (exact) mass is 344 g/mol. The molecule has 0 spiro atoms. The Labute approximate surface area is 147 Å². The van der Waals surface area contributed by atoms with E-state index < -0.39 is 0 Å². The molecule has 24 heavy (non-hydrogen) atoms. The van der Waals surface area contributed by atoms with Crippen LogP contribution in [-0.2, 0) is 29.0 Å². The molecule has 0 bridgehead atoms. The molecule has 0 aliphatic carbocycles. The molecule has 1 aromatic heterocycles. The molecule has 1 aliphatic rings. The van der Waals surface area contributed by atoms with Crippen molar-refractivity contribution < 1.29 is 9.53 Å². The number of aryl methyl sites for hydroxylation is 1. The van der Waals surface area contributed by atoms with E-state index in [0.717, 1.165) is 39.3 Å². The Kier molecular flexibility index (Phi) is 6.41. The molecular weight excluding hydrogens is 320 g/mol. The van der Waals surface area contributed by atoms with Crippen LogP contribution in [0.25, 0.3) is 0 Å². The zero-order valence-electron chi connectivity index (χ0n) is 13.9. The van der Waals surface area contributed by atoms with Gasteiger partial charge in [0.1, 0.15) is 0 Å². The van der Waals surface area contributed by atoms with Crippen molar-refractivity contribution in [3.8, 4) is 0 Å². The quantitative estimate of drug-likeness (QED) is 0.840. The Morgan fingerprint density at radius 1 is 1.12 bits per heavy atom. The van der Waals surface area contributed by atoms with Gasteiger partial charge in [-0.25, -0.2) is 0 Å². The van der Waals surface area contributed by atoms with E-state index in [1.165, 1.54) is 16.0 Å². The van der Waals surface area contributed by atoms with Crippen LogP contribution >= 0.6 is 11.3 Å². The number of hydrogen-bond acceptors (Lipinski definition) is 4. The van der Waals surface area contributed by atoms with E-state index >= 15 is 0 Å². The molecule has 0 radical (unpaired) electrons. The molecule has 4 nitrogen and oxygen atoms in total. The average molecular weight is 344 g/mol. The summed E-state index contributed by atoms with van der Waals surface area (Å²) in [6, 6.07) is 12.5. The summed E-state index contributed by atoms with van der Waals surface area (Å²) in [4.78, 5) is 15.7. The first kappa shape index (κ1) is 17.1. The minimum Gasteiger partial charge on any atom is -0.379 e. The number of carbonyl (C=O) groups excluding carboxylic acids is 1. The fourth-order valence-corrected chi connectivity index (χ4v) is 3.57. The fourth-order valence-electron chi connectivity index (χ4n) is 2.86. The van der Waals surface area contributed by atoms with Crippen molar-refractivity contribution in [3.05, 3.63) is 57.8 Å². The summed E-state index contributed by atoms with van der Waals surface area (Å²) in [5.74, 6) is 0.115. The first-order chi connectivity index (χ1) is 11.8. The third-order valence-corrected chi connectivity index (χ3v) is 5.21. The highest BCUT2D eigenvalue weighted by atomic mass is 32.1. The number of nitrogens with zero attached hydrogens (tertiary/aromatic N) is 1. The number of rotatable bonds is 7. The number of morpholine rings is 1. The molecule has 2 aromatic rings.